The minimum absolute atomic E-state index is 0.0384. The van der Waals surface area contributed by atoms with Gasteiger partial charge in [-0.3, -0.25) is 4.79 Å². The predicted octanol–water partition coefficient (Wildman–Crippen LogP) is 2.72. The van der Waals surface area contributed by atoms with Crippen molar-refractivity contribution >= 4 is 27.8 Å². The van der Waals surface area contributed by atoms with Crippen molar-refractivity contribution in [1.29, 1.82) is 0 Å². The first-order valence-corrected chi connectivity index (χ1v) is 12.9. The molecule has 9 heteroatoms. The predicted molar refractivity (Wildman–Crippen MR) is 127 cm³/mol. The van der Waals surface area contributed by atoms with E-state index in [1.165, 1.54) is 6.08 Å². The summed E-state index contributed by atoms with van der Waals surface area (Å²) in [7, 11) is -3.13. The van der Waals surface area contributed by atoms with Crippen molar-refractivity contribution in [2.24, 2.45) is 5.92 Å². The monoisotopic (exact) mass is 473 g/mol. The lowest BCUT2D eigenvalue weighted by atomic mass is 10.1. The van der Waals surface area contributed by atoms with Crippen LogP contribution < -0.4 is 0 Å². The summed E-state index contributed by atoms with van der Waals surface area (Å²) < 4.78 is 30.7. The van der Waals surface area contributed by atoms with Gasteiger partial charge in [0.2, 0.25) is 0 Å². The first-order valence-electron chi connectivity index (χ1n) is 11.0. The fourth-order valence-corrected chi connectivity index (χ4v) is 5.73. The van der Waals surface area contributed by atoms with E-state index in [9.17, 15) is 18.0 Å². The van der Waals surface area contributed by atoms with Gasteiger partial charge in [-0.15, -0.1) is 0 Å². The second-order valence-corrected chi connectivity index (χ2v) is 11.0. The standard InChI is InChI=1S/C24H31N3O5S/c1-17(2)14-26(21-12-13-33(30,31)16-21)23(28)15-32-24(29)11-10-22-18(3)25-27(19(22)4)20-8-6-5-7-9-20/h5-11,17,21H,12-16H2,1-4H3/b11-10+/t21-/m1/s1. The number of esters is 1. The van der Waals surface area contributed by atoms with Crippen LogP contribution in [0.25, 0.3) is 11.8 Å². The molecule has 3 rings (SSSR count). The highest BCUT2D eigenvalue weighted by Crippen LogP contribution is 2.20. The van der Waals surface area contributed by atoms with E-state index in [1.807, 2.05) is 62.7 Å². The number of carbonyl (C=O) groups excluding carboxylic acids is 2. The largest absolute Gasteiger partial charge is 0.452 e. The average molecular weight is 474 g/mol. The van der Waals surface area contributed by atoms with Crippen LogP contribution in [0.2, 0.25) is 0 Å². The number of aromatic nitrogens is 2. The zero-order valence-electron chi connectivity index (χ0n) is 19.5. The van der Waals surface area contributed by atoms with Gasteiger partial charge in [-0.25, -0.2) is 17.9 Å². The molecule has 2 heterocycles. The van der Waals surface area contributed by atoms with Gasteiger partial charge in [0.1, 0.15) is 0 Å². The molecule has 1 aromatic heterocycles. The summed E-state index contributed by atoms with van der Waals surface area (Å²) in [4.78, 5) is 26.6. The van der Waals surface area contributed by atoms with Crippen LogP contribution in [0.4, 0.5) is 0 Å². The normalized spacial score (nSPS) is 17.5. The van der Waals surface area contributed by atoms with E-state index in [0.717, 1.165) is 22.6 Å². The van der Waals surface area contributed by atoms with Gasteiger partial charge >= 0.3 is 5.97 Å². The Hall–Kier alpha value is -2.94. The highest BCUT2D eigenvalue weighted by Gasteiger charge is 2.35. The Kier molecular flexibility index (Phi) is 7.73. The van der Waals surface area contributed by atoms with E-state index in [-0.39, 0.29) is 29.4 Å². The van der Waals surface area contributed by atoms with E-state index >= 15 is 0 Å². The lowest BCUT2D eigenvalue weighted by Gasteiger charge is -2.29. The number of aryl methyl sites for hydroxylation is 1. The second-order valence-electron chi connectivity index (χ2n) is 8.77. The first kappa shape index (κ1) is 24.7. The molecule has 0 radical (unpaired) electrons. The quantitative estimate of drug-likeness (QED) is 0.432. The van der Waals surface area contributed by atoms with Crippen molar-refractivity contribution in [1.82, 2.24) is 14.7 Å². The Bertz CT molecular complexity index is 1140. The maximum atomic E-state index is 12.7. The molecule has 33 heavy (non-hydrogen) atoms. The zero-order chi connectivity index (χ0) is 24.2. The molecule has 1 aliphatic heterocycles. The third-order valence-corrected chi connectivity index (χ3v) is 7.35. The molecule has 1 aliphatic rings. The summed E-state index contributed by atoms with van der Waals surface area (Å²) in [5.74, 6) is -0.810. The maximum Gasteiger partial charge on any atom is 0.331 e. The maximum absolute atomic E-state index is 12.7. The number of nitrogens with zero attached hydrogens (tertiary/aromatic N) is 3. The van der Waals surface area contributed by atoms with Crippen LogP contribution in [-0.2, 0) is 24.2 Å². The molecule has 0 N–H and O–H groups in total. The fraction of sp³-hybridized carbons (Fsp3) is 0.458. The number of benzene rings is 1. The molecule has 1 fully saturated rings. The van der Waals surface area contributed by atoms with Crippen molar-refractivity contribution < 1.29 is 22.7 Å². The second kappa shape index (κ2) is 10.3. The van der Waals surface area contributed by atoms with E-state index < -0.39 is 22.4 Å². The summed E-state index contributed by atoms with van der Waals surface area (Å²) >= 11 is 0. The third kappa shape index (κ3) is 6.31. The topological polar surface area (TPSA) is 98.6 Å². The molecule has 2 aromatic rings. The van der Waals surface area contributed by atoms with Crippen LogP contribution in [0.15, 0.2) is 36.4 Å². The summed E-state index contributed by atoms with van der Waals surface area (Å²) in [5, 5.41) is 4.54. The van der Waals surface area contributed by atoms with Crippen LogP contribution in [0, 0.1) is 19.8 Å². The number of ether oxygens (including phenoxy) is 1. The molecule has 0 unspecified atom stereocenters. The number of carbonyl (C=O) groups is 2. The van der Waals surface area contributed by atoms with Crippen LogP contribution in [0.5, 0.6) is 0 Å². The molecule has 8 nitrogen and oxygen atoms in total. The molecule has 0 bridgehead atoms. The van der Waals surface area contributed by atoms with Gasteiger partial charge in [0.05, 0.1) is 22.9 Å². The molecule has 1 amide bonds. The van der Waals surface area contributed by atoms with Crippen molar-refractivity contribution in [2.75, 3.05) is 24.7 Å². The molecular weight excluding hydrogens is 442 g/mol. The average Bonchev–Trinajstić information content (AvgIpc) is 3.27. The Morgan fingerprint density at radius 3 is 2.55 bits per heavy atom. The number of rotatable bonds is 8. The number of hydrogen-bond acceptors (Lipinski definition) is 6. The highest BCUT2D eigenvalue weighted by atomic mass is 32.2. The Balaban J connectivity index is 1.63. The number of amides is 1. The van der Waals surface area contributed by atoms with E-state index in [1.54, 1.807) is 11.0 Å². The molecular formula is C24H31N3O5S. The summed E-state index contributed by atoms with van der Waals surface area (Å²) in [6, 6.07) is 9.32. The third-order valence-electron chi connectivity index (χ3n) is 5.60. The van der Waals surface area contributed by atoms with Crippen molar-refractivity contribution in [2.45, 2.75) is 40.2 Å². The van der Waals surface area contributed by atoms with Gasteiger partial charge in [-0.2, -0.15) is 5.10 Å². The minimum Gasteiger partial charge on any atom is -0.452 e. The van der Waals surface area contributed by atoms with Gasteiger partial charge in [0.25, 0.3) is 5.91 Å². The SMILES string of the molecule is Cc1nn(-c2ccccc2)c(C)c1/C=C/C(=O)OCC(=O)N(CC(C)C)[C@@H]1CCS(=O)(=O)C1. The molecule has 1 aromatic carbocycles. The Morgan fingerprint density at radius 1 is 1.24 bits per heavy atom. The fourth-order valence-electron chi connectivity index (χ4n) is 4.00. The molecule has 0 spiro atoms. The van der Waals surface area contributed by atoms with Crippen LogP contribution >= 0.6 is 0 Å². The highest BCUT2D eigenvalue weighted by molar-refractivity contribution is 7.91. The molecule has 1 saturated heterocycles. The number of hydrogen-bond donors (Lipinski definition) is 0. The van der Waals surface area contributed by atoms with Crippen molar-refractivity contribution in [3.63, 3.8) is 0 Å². The molecule has 178 valence electrons. The van der Waals surface area contributed by atoms with E-state index in [2.05, 4.69) is 5.10 Å². The van der Waals surface area contributed by atoms with E-state index in [4.69, 9.17) is 4.74 Å². The molecule has 0 aliphatic carbocycles. The van der Waals surface area contributed by atoms with E-state index in [0.29, 0.717) is 13.0 Å². The number of para-hydroxylation sites is 1. The molecule has 0 saturated carbocycles. The van der Waals surface area contributed by atoms with Gasteiger partial charge in [0, 0.05) is 29.9 Å². The Labute approximate surface area is 195 Å². The van der Waals surface area contributed by atoms with Crippen molar-refractivity contribution in [3.8, 4) is 5.69 Å². The Morgan fingerprint density at radius 2 is 1.94 bits per heavy atom. The first-order chi connectivity index (χ1) is 15.6. The van der Waals surface area contributed by atoms with Gasteiger partial charge in [0.15, 0.2) is 16.4 Å². The van der Waals surface area contributed by atoms with Crippen LogP contribution in [-0.4, -0.2) is 65.7 Å². The summed E-state index contributed by atoms with van der Waals surface area (Å²) in [5.41, 5.74) is 3.37. The van der Waals surface area contributed by atoms with Crippen LogP contribution in [0.1, 0.15) is 37.2 Å². The molecule has 1 atom stereocenters. The zero-order valence-corrected chi connectivity index (χ0v) is 20.3. The minimum atomic E-state index is -3.13. The van der Waals surface area contributed by atoms with Crippen LogP contribution in [0.3, 0.4) is 0 Å². The lowest BCUT2D eigenvalue weighted by Crippen LogP contribution is -2.45. The lowest BCUT2D eigenvalue weighted by molar-refractivity contribution is -0.149. The van der Waals surface area contributed by atoms with Gasteiger partial charge in [-0.1, -0.05) is 32.0 Å². The summed E-state index contributed by atoms with van der Waals surface area (Å²) in [6.07, 6.45) is 3.34. The van der Waals surface area contributed by atoms with Gasteiger partial charge < -0.3 is 9.64 Å². The van der Waals surface area contributed by atoms with Crippen molar-refractivity contribution in [3.05, 3.63) is 53.4 Å². The summed E-state index contributed by atoms with van der Waals surface area (Å²) in [6.45, 7) is 7.69. The number of sulfone groups is 1. The van der Waals surface area contributed by atoms with Gasteiger partial charge in [-0.05, 0) is 44.4 Å². The smallest absolute Gasteiger partial charge is 0.331 e.